The lowest BCUT2D eigenvalue weighted by Crippen LogP contribution is -2.18. The summed E-state index contributed by atoms with van der Waals surface area (Å²) >= 11 is 0. The maximum Gasteiger partial charge on any atom is 0.126 e. The largest absolute Gasteiger partial charge is 0.489 e. The quantitative estimate of drug-likeness (QED) is 0.897. The van der Waals surface area contributed by atoms with Crippen molar-refractivity contribution < 1.29 is 9.84 Å². The topological polar surface area (TPSA) is 29.5 Å². The van der Waals surface area contributed by atoms with Gasteiger partial charge in [-0.1, -0.05) is 38.5 Å². The maximum absolute atomic E-state index is 9.66. The summed E-state index contributed by atoms with van der Waals surface area (Å²) in [5, 5.41) is 9.66. The van der Waals surface area contributed by atoms with Crippen LogP contribution in [0.15, 0.2) is 18.2 Å². The number of benzene rings is 1. The van der Waals surface area contributed by atoms with Crippen molar-refractivity contribution in [2.75, 3.05) is 6.61 Å². The van der Waals surface area contributed by atoms with E-state index in [4.69, 9.17) is 4.74 Å². The number of rotatable bonds is 4. The molecule has 1 heterocycles. The van der Waals surface area contributed by atoms with Gasteiger partial charge < -0.3 is 9.84 Å². The second kappa shape index (κ2) is 5.16. The number of aryl methyl sites for hydroxylation is 1. The minimum Gasteiger partial charge on any atom is -0.489 e. The standard InChI is InChI=1S/C17H24O2/c1-3-4-6-12-7-5-8-13-16-14(10-18)11(2)9-15(16)19-17(12)13/h5,7-8,11,14-16,18H,3-4,6,9-10H2,1-2H3/t11-,14+,15+,16-/m1/s1. The summed E-state index contributed by atoms with van der Waals surface area (Å²) in [6.07, 6.45) is 4.92. The molecule has 1 fully saturated rings. The van der Waals surface area contributed by atoms with Gasteiger partial charge in [0.15, 0.2) is 0 Å². The molecule has 4 atom stereocenters. The third-order valence-corrected chi connectivity index (χ3v) is 4.96. The number of hydrogen-bond donors (Lipinski definition) is 1. The Kier molecular flexibility index (Phi) is 3.53. The predicted molar refractivity (Wildman–Crippen MR) is 76.6 cm³/mol. The number of ether oxygens (including phenoxy) is 1. The summed E-state index contributed by atoms with van der Waals surface area (Å²) in [4.78, 5) is 0. The normalized spacial score (nSPS) is 31.9. The van der Waals surface area contributed by atoms with E-state index in [9.17, 15) is 5.11 Å². The molecule has 2 heteroatoms. The first-order valence-corrected chi connectivity index (χ1v) is 7.65. The molecule has 1 aliphatic carbocycles. The molecule has 1 N–H and O–H groups in total. The van der Waals surface area contributed by atoms with Crippen molar-refractivity contribution in [1.29, 1.82) is 0 Å². The molecule has 19 heavy (non-hydrogen) atoms. The molecule has 0 amide bonds. The van der Waals surface area contributed by atoms with E-state index in [1.54, 1.807) is 0 Å². The molecule has 0 spiro atoms. The van der Waals surface area contributed by atoms with Crippen LogP contribution in [0.5, 0.6) is 5.75 Å². The highest BCUT2D eigenvalue weighted by molar-refractivity contribution is 5.48. The maximum atomic E-state index is 9.66. The molecule has 1 aromatic carbocycles. The van der Waals surface area contributed by atoms with Gasteiger partial charge in [0.05, 0.1) is 0 Å². The molecule has 0 saturated heterocycles. The van der Waals surface area contributed by atoms with Gasteiger partial charge in [0, 0.05) is 18.1 Å². The van der Waals surface area contributed by atoms with Crippen LogP contribution in [-0.2, 0) is 6.42 Å². The molecule has 0 radical (unpaired) electrons. The average Bonchev–Trinajstić information content (AvgIpc) is 2.91. The molecule has 1 aliphatic heterocycles. The molecule has 2 nitrogen and oxygen atoms in total. The van der Waals surface area contributed by atoms with Crippen molar-refractivity contribution in [2.45, 2.75) is 51.6 Å². The summed E-state index contributed by atoms with van der Waals surface area (Å²) in [6.45, 7) is 4.75. The molecule has 1 saturated carbocycles. The minimum absolute atomic E-state index is 0.282. The first-order chi connectivity index (χ1) is 9.26. The minimum atomic E-state index is 0.282. The van der Waals surface area contributed by atoms with Crippen LogP contribution in [0.1, 0.15) is 50.2 Å². The number of fused-ring (bicyclic) bond motifs is 3. The van der Waals surface area contributed by atoms with Gasteiger partial charge >= 0.3 is 0 Å². The highest BCUT2D eigenvalue weighted by Gasteiger charge is 2.48. The lowest BCUT2D eigenvalue weighted by molar-refractivity contribution is 0.177. The van der Waals surface area contributed by atoms with Crippen molar-refractivity contribution in [2.24, 2.45) is 11.8 Å². The lowest BCUT2D eigenvalue weighted by atomic mass is 9.85. The fourth-order valence-electron chi connectivity index (χ4n) is 3.89. The number of para-hydroxylation sites is 1. The third-order valence-electron chi connectivity index (χ3n) is 4.96. The van der Waals surface area contributed by atoms with Gasteiger partial charge in [0.2, 0.25) is 0 Å². The fourth-order valence-corrected chi connectivity index (χ4v) is 3.89. The zero-order valence-corrected chi connectivity index (χ0v) is 11.9. The van der Waals surface area contributed by atoms with Crippen LogP contribution >= 0.6 is 0 Å². The van der Waals surface area contributed by atoms with E-state index in [1.807, 2.05) is 0 Å². The van der Waals surface area contributed by atoms with Gasteiger partial charge in [-0.3, -0.25) is 0 Å². The highest BCUT2D eigenvalue weighted by Crippen LogP contribution is 2.53. The Balaban J connectivity index is 1.92. The Bertz CT molecular complexity index is 455. The van der Waals surface area contributed by atoms with Crippen LogP contribution in [0.4, 0.5) is 0 Å². The van der Waals surface area contributed by atoms with Crippen molar-refractivity contribution in [3.05, 3.63) is 29.3 Å². The van der Waals surface area contributed by atoms with Crippen molar-refractivity contribution >= 4 is 0 Å². The SMILES string of the molecule is CCCCc1cccc2c1O[C@H]1C[C@@H](C)[C@H](CO)[C@@H]21. The molecule has 0 aromatic heterocycles. The van der Waals surface area contributed by atoms with E-state index >= 15 is 0 Å². The molecular weight excluding hydrogens is 236 g/mol. The third kappa shape index (κ3) is 2.06. The second-order valence-electron chi connectivity index (χ2n) is 6.18. The molecule has 0 unspecified atom stereocenters. The number of aliphatic hydroxyl groups is 1. The van der Waals surface area contributed by atoms with Crippen LogP contribution < -0.4 is 4.74 Å². The molecule has 0 bridgehead atoms. The predicted octanol–water partition coefficient (Wildman–Crippen LogP) is 3.52. The summed E-state index contributed by atoms with van der Waals surface area (Å²) in [6, 6.07) is 6.57. The van der Waals surface area contributed by atoms with Crippen LogP contribution in [0, 0.1) is 11.8 Å². The molecular formula is C17H24O2. The zero-order valence-electron chi connectivity index (χ0n) is 11.9. The summed E-state index contributed by atoms with van der Waals surface area (Å²) < 4.78 is 6.25. The Labute approximate surface area is 115 Å². The fraction of sp³-hybridized carbons (Fsp3) is 0.647. The van der Waals surface area contributed by atoms with E-state index in [2.05, 4.69) is 32.0 Å². The van der Waals surface area contributed by atoms with Gasteiger partial charge in [0.25, 0.3) is 0 Å². The molecule has 2 aliphatic rings. The first-order valence-electron chi connectivity index (χ1n) is 7.65. The van der Waals surface area contributed by atoms with E-state index in [1.165, 1.54) is 24.0 Å². The average molecular weight is 260 g/mol. The summed E-state index contributed by atoms with van der Waals surface area (Å²) in [5.74, 6) is 2.48. The van der Waals surface area contributed by atoms with E-state index in [0.717, 1.165) is 18.6 Å². The van der Waals surface area contributed by atoms with Crippen LogP contribution in [-0.4, -0.2) is 17.8 Å². The Morgan fingerprint density at radius 2 is 2.21 bits per heavy atom. The lowest BCUT2D eigenvalue weighted by Gasteiger charge is -2.18. The van der Waals surface area contributed by atoms with E-state index < -0.39 is 0 Å². The number of aliphatic hydroxyl groups excluding tert-OH is 1. The van der Waals surface area contributed by atoms with Crippen LogP contribution in [0.25, 0.3) is 0 Å². The molecule has 104 valence electrons. The second-order valence-corrected chi connectivity index (χ2v) is 6.18. The van der Waals surface area contributed by atoms with Gasteiger partial charge in [-0.05, 0) is 36.7 Å². The van der Waals surface area contributed by atoms with Gasteiger partial charge in [-0.2, -0.15) is 0 Å². The molecule has 1 aromatic rings. The number of hydrogen-bond acceptors (Lipinski definition) is 2. The Morgan fingerprint density at radius 3 is 2.95 bits per heavy atom. The van der Waals surface area contributed by atoms with Gasteiger partial charge in [-0.15, -0.1) is 0 Å². The van der Waals surface area contributed by atoms with Crippen molar-refractivity contribution in [3.8, 4) is 5.75 Å². The van der Waals surface area contributed by atoms with Gasteiger partial charge in [-0.25, -0.2) is 0 Å². The summed E-state index contributed by atoms with van der Waals surface area (Å²) in [7, 11) is 0. The first kappa shape index (κ1) is 13.0. The van der Waals surface area contributed by atoms with Crippen molar-refractivity contribution in [1.82, 2.24) is 0 Å². The van der Waals surface area contributed by atoms with Crippen LogP contribution in [0.3, 0.4) is 0 Å². The van der Waals surface area contributed by atoms with Crippen LogP contribution in [0.2, 0.25) is 0 Å². The van der Waals surface area contributed by atoms with Crippen molar-refractivity contribution in [3.63, 3.8) is 0 Å². The zero-order chi connectivity index (χ0) is 13.4. The van der Waals surface area contributed by atoms with E-state index in [0.29, 0.717) is 23.9 Å². The van der Waals surface area contributed by atoms with E-state index in [-0.39, 0.29) is 6.61 Å². The Morgan fingerprint density at radius 1 is 1.37 bits per heavy atom. The highest BCUT2D eigenvalue weighted by atomic mass is 16.5. The monoisotopic (exact) mass is 260 g/mol. The van der Waals surface area contributed by atoms with Gasteiger partial charge in [0.1, 0.15) is 11.9 Å². The number of unbranched alkanes of at least 4 members (excludes halogenated alkanes) is 1. The smallest absolute Gasteiger partial charge is 0.126 e. The molecule has 3 rings (SSSR count). The Hall–Kier alpha value is -1.02. The summed E-state index contributed by atoms with van der Waals surface area (Å²) in [5.41, 5.74) is 2.71.